The SMILES string of the molecule is CN(C)c1ccc2cc(/C=C(\C#N)S(=O)(=O)NC[C@H]3OC(O)[C@H](O)[C@@H](O)[C@@H]3O)ccc2c1. The third-order valence-electron chi connectivity index (χ3n) is 5.22. The van der Waals surface area contributed by atoms with E-state index in [2.05, 4.69) is 4.72 Å². The minimum Gasteiger partial charge on any atom is -0.388 e. The van der Waals surface area contributed by atoms with Gasteiger partial charge in [-0.25, -0.2) is 13.1 Å². The molecule has 11 heteroatoms. The molecule has 172 valence electrons. The number of rotatable bonds is 6. The van der Waals surface area contributed by atoms with E-state index in [1.807, 2.05) is 43.3 Å². The first-order chi connectivity index (χ1) is 15.0. The molecule has 1 aliphatic heterocycles. The second-order valence-corrected chi connectivity index (χ2v) is 9.43. The summed E-state index contributed by atoms with van der Waals surface area (Å²) in [5.74, 6) is 0. The molecule has 1 fully saturated rings. The molecule has 1 unspecified atom stereocenters. The van der Waals surface area contributed by atoms with Crippen LogP contribution in [-0.4, -0.2) is 80.2 Å². The number of nitrogens with one attached hydrogen (secondary N) is 1. The van der Waals surface area contributed by atoms with Gasteiger partial charge in [-0.3, -0.25) is 0 Å². The molecule has 0 spiro atoms. The van der Waals surface area contributed by atoms with Crippen LogP contribution in [0.2, 0.25) is 0 Å². The van der Waals surface area contributed by atoms with Gasteiger partial charge in [0, 0.05) is 26.3 Å². The van der Waals surface area contributed by atoms with Gasteiger partial charge in [-0.05, 0) is 40.6 Å². The van der Waals surface area contributed by atoms with Crippen molar-refractivity contribution in [3.05, 3.63) is 46.9 Å². The van der Waals surface area contributed by atoms with Gasteiger partial charge in [0.2, 0.25) is 0 Å². The maximum atomic E-state index is 12.6. The number of benzene rings is 2. The maximum Gasteiger partial charge on any atom is 0.250 e. The molecule has 1 heterocycles. The van der Waals surface area contributed by atoms with Crippen LogP contribution in [0.25, 0.3) is 16.8 Å². The van der Waals surface area contributed by atoms with Gasteiger partial charge in [-0.15, -0.1) is 0 Å². The molecular formula is C21H25N3O7S. The van der Waals surface area contributed by atoms with E-state index >= 15 is 0 Å². The zero-order valence-electron chi connectivity index (χ0n) is 17.5. The number of aliphatic hydroxyl groups is 4. The molecule has 5 N–H and O–H groups in total. The van der Waals surface area contributed by atoms with Gasteiger partial charge in [0.15, 0.2) is 11.2 Å². The summed E-state index contributed by atoms with van der Waals surface area (Å²) in [6.45, 7) is -0.533. The largest absolute Gasteiger partial charge is 0.388 e. The summed E-state index contributed by atoms with van der Waals surface area (Å²) in [7, 11) is -0.433. The second-order valence-electron chi connectivity index (χ2n) is 7.69. The van der Waals surface area contributed by atoms with Crippen LogP contribution >= 0.6 is 0 Å². The molecule has 0 aliphatic carbocycles. The minimum absolute atomic E-state index is 0.500. The predicted octanol–water partition coefficient (Wildman–Crippen LogP) is -0.510. The summed E-state index contributed by atoms with van der Waals surface area (Å²) in [5, 5.41) is 49.9. The Kier molecular flexibility index (Phi) is 7.16. The van der Waals surface area contributed by atoms with Crippen molar-refractivity contribution < 1.29 is 33.6 Å². The third kappa shape index (κ3) is 5.08. The molecule has 5 atom stereocenters. The van der Waals surface area contributed by atoms with Crippen LogP contribution in [0.4, 0.5) is 5.69 Å². The fourth-order valence-corrected chi connectivity index (χ4v) is 4.26. The quantitative estimate of drug-likeness (QED) is 0.355. The van der Waals surface area contributed by atoms with Gasteiger partial charge in [0.25, 0.3) is 10.0 Å². The highest BCUT2D eigenvalue weighted by molar-refractivity contribution is 7.93. The van der Waals surface area contributed by atoms with Crippen molar-refractivity contribution >= 4 is 32.6 Å². The molecule has 0 bridgehead atoms. The van der Waals surface area contributed by atoms with Crippen molar-refractivity contribution in [2.75, 3.05) is 25.5 Å². The van der Waals surface area contributed by atoms with Crippen LogP contribution < -0.4 is 9.62 Å². The van der Waals surface area contributed by atoms with Crippen LogP contribution in [-0.2, 0) is 14.8 Å². The summed E-state index contributed by atoms with van der Waals surface area (Å²) in [4.78, 5) is 1.40. The van der Waals surface area contributed by atoms with Crippen LogP contribution in [0, 0.1) is 11.3 Å². The van der Waals surface area contributed by atoms with Crippen LogP contribution in [0.5, 0.6) is 0 Å². The Labute approximate surface area is 185 Å². The number of hydrogen-bond donors (Lipinski definition) is 5. The first kappa shape index (κ1) is 24.1. The van der Waals surface area contributed by atoms with Gasteiger partial charge < -0.3 is 30.1 Å². The van der Waals surface area contributed by atoms with E-state index < -0.39 is 52.2 Å². The summed E-state index contributed by atoms with van der Waals surface area (Å²) in [6.07, 6.45) is -6.99. The zero-order valence-corrected chi connectivity index (χ0v) is 18.3. The first-order valence-electron chi connectivity index (χ1n) is 9.74. The number of anilines is 1. The lowest BCUT2D eigenvalue weighted by Crippen LogP contribution is -2.59. The Balaban J connectivity index is 1.79. The van der Waals surface area contributed by atoms with Crippen molar-refractivity contribution in [3.8, 4) is 6.07 Å². The molecule has 1 aliphatic rings. The van der Waals surface area contributed by atoms with E-state index in [-0.39, 0.29) is 0 Å². The zero-order chi connectivity index (χ0) is 23.6. The summed E-state index contributed by atoms with van der Waals surface area (Å²) < 4.78 is 32.3. The topological polar surface area (TPSA) is 163 Å². The predicted molar refractivity (Wildman–Crippen MR) is 118 cm³/mol. The summed E-state index contributed by atoms with van der Waals surface area (Å²) in [5.41, 5.74) is 1.51. The molecule has 10 nitrogen and oxygen atoms in total. The van der Waals surface area contributed by atoms with E-state index in [9.17, 15) is 34.1 Å². The lowest BCUT2D eigenvalue weighted by molar-refractivity contribution is -0.279. The lowest BCUT2D eigenvalue weighted by Gasteiger charge is -2.38. The van der Waals surface area contributed by atoms with Crippen LogP contribution in [0.3, 0.4) is 0 Å². The molecule has 0 radical (unpaired) electrons. The average molecular weight is 464 g/mol. The van der Waals surface area contributed by atoms with Crippen LogP contribution in [0.1, 0.15) is 5.56 Å². The smallest absolute Gasteiger partial charge is 0.250 e. The molecule has 32 heavy (non-hydrogen) atoms. The number of hydrogen-bond acceptors (Lipinski definition) is 9. The van der Waals surface area contributed by atoms with Gasteiger partial charge in [0.1, 0.15) is 30.5 Å². The summed E-state index contributed by atoms with van der Waals surface area (Å²) in [6, 6.07) is 12.7. The van der Waals surface area contributed by atoms with Crippen molar-refractivity contribution in [1.29, 1.82) is 5.26 Å². The Bertz CT molecular complexity index is 1160. The van der Waals surface area contributed by atoms with E-state index in [1.54, 1.807) is 18.2 Å². The highest BCUT2D eigenvalue weighted by Crippen LogP contribution is 2.24. The Morgan fingerprint density at radius 3 is 2.41 bits per heavy atom. The number of fused-ring (bicyclic) bond motifs is 1. The Morgan fingerprint density at radius 1 is 1.09 bits per heavy atom. The number of allylic oxidation sites excluding steroid dienone is 1. The molecule has 0 amide bonds. The lowest BCUT2D eigenvalue weighted by atomic mass is 9.99. The number of nitrogens with zero attached hydrogens (tertiary/aromatic N) is 2. The fraction of sp³-hybridized carbons (Fsp3) is 0.381. The minimum atomic E-state index is -4.29. The van der Waals surface area contributed by atoms with Crippen molar-refractivity contribution in [1.82, 2.24) is 4.72 Å². The first-order valence-corrected chi connectivity index (χ1v) is 11.2. The normalized spacial score (nSPS) is 26.7. The maximum absolute atomic E-state index is 12.6. The van der Waals surface area contributed by atoms with E-state index in [0.717, 1.165) is 16.5 Å². The number of aliphatic hydroxyl groups excluding tert-OH is 4. The third-order valence-corrected chi connectivity index (χ3v) is 6.56. The van der Waals surface area contributed by atoms with Gasteiger partial charge in [-0.2, -0.15) is 5.26 Å². The molecule has 3 rings (SSSR count). The number of ether oxygens (including phenoxy) is 1. The molecule has 2 aromatic rings. The van der Waals surface area contributed by atoms with E-state index in [1.165, 1.54) is 6.08 Å². The van der Waals surface area contributed by atoms with E-state index in [0.29, 0.717) is 5.56 Å². The molecular weight excluding hydrogens is 438 g/mol. The Hall–Kier alpha value is -2.56. The van der Waals surface area contributed by atoms with Crippen molar-refractivity contribution in [2.24, 2.45) is 0 Å². The van der Waals surface area contributed by atoms with Crippen LogP contribution in [0.15, 0.2) is 41.3 Å². The van der Waals surface area contributed by atoms with Gasteiger partial charge in [-0.1, -0.05) is 18.2 Å². The average Bonchev–Trinajstić information content (AvgIpc) is 2.76. The fourth-order valence-electron chi connectivity index (χ4n) is 3.31. The standard InChI is InChI=1S/C21H25N3O7S/c1-24(2)15-6-5-13-7-12(3-4-14(13)9-15)8-16(10-22)32(29,30)23-11-17-18(25)19(26)20(27)21(28)31-17/h3-9,17-21,23,25-28H,11H2,1-2H3/b16-8+/t17-,18-,19+,20-,21?/m1/s1. The second kappa shape index (κ2) is 9.51. The molecule has 0 aromatic heterocycles. The van der Waals surface area contributed by atoms with Crippen molar-refractivity contribution in [3.63, 3.8) is 0 Å². The van der Waals surface area contributed by atoms with E-state index in [4.69, 9.17) is 4.74 Å². The Morgan fingerprint density at radius 2 is 1.75 bits per heavy atom. The van der Waals surface area contributed by atoms with Crippen molar-refractivity contribution in [2.45, 2.75) is 30.7 Å². The highest BCUT2D eigenvalue weighted by atomic mass is 32.2. The van der Waals surface area contributed by atoms with Gasteiger partial charge in [0.05, 0.1) is 0 Å². The number of sulfonamides is 1. The number of nitriles is 1. The molecule has 0 saturated carbocycles. The summed E-state index contributed by atoms with van der Waals surface area (Å²) >= 11 is 0. The molecule has 2 aromatic carbocycles. The highest BCUT2D eigenvalue weighted by Gasteiger charge is 2.43. The molecule has 1 saturated heterocycles. The van der Waals surface area contributed by atoms with Gasteiger partial charge >= 0.3 is 0 Å². The monoisotopic (exact) mass is 463 g/mol.